The first kappa shape index (κ1) is 13.4. The van der Waals surface area contributed by atoms with Crippen molar-refractivity contribution < 1.29 is 9.53 Å². The molecular weight excluding hydrogens is 278 g/mol. The van der Waals surface area contributed by atoms with Crippen molar-refractivity contribution in [3.8, 4) is 0 Å². The number of rotatable bonds is 2. The highest BCUT2D eigenvalue weighted by Gasteiger charge is 2.22. The van der Waals surface area contributed by atoms with Gasteiger partial charge in [-0.2, -0.15) is 0 Å². The van der Waals surface area contributed by atoms with Crippen LogP contribution in [0.15, 0.2) is 12.3 Å². The molecule has 0 unspecified atom stereocenters. The summed E-state index contributed by atoms with van der Waals surface area (Å²) in [6.45, 7) is 0. The number of aromatic nitrogens is 3. The molecule has 0 radical (unpaired) electrons. The Kier molecular flexibility index (Phi) is 3.61. The fraction of sp³-hybridized carbons (Fsp3) is 0.500. The van der Waals surface area contributed by atoms with Gasteiger partial charge >= 0.3 is 5.97 Å². The van der Waals surface area contributed by atoms with Gasteiger partial charge in [0.15, 0.2) is 5.65 Å². The molecular formula is C14H16ClN3O2. The van der Waals surface area contributed by atoms with E-state index < -0.39 is 5.97 Å². The Morgan fingerprint density at radius 1 is 1.35 bits per heavy atom. The molecule has 2 aromatic heterocycles. The van der Waals surface area contributed by atoms with Crippen molar-refractivity contribution in [1.82, 2.24) is 14.6 Å². The summed E-state index contributed by atoms with van der Waals surface area (Å²) >= 11 is 6.18. The van der Waals surface area contributed by atoms with Crippen LogP contribution >= 0.6 is 11.6 Å². The standard InChI is InChI=1S/C14H16ClN3O2/c1-20-14(19)10-7-11(15)13-17-16-12(18(13)8-10)9-5-3-2-4-6-9/h7-9H,2-6H2,1H3. The molecule has 20 heavy (non-hydrogen) atoms. The average molecular weight is 294 g/mol. The molecule has 2 aromatic rings. The quantitative estimate of drug-likeness (QED) is 0.798. The number of fused-ring (bicyclic) bond motifs is 1. The second-order valence-electron chi connectivity index (χ2n) is 5.16. The van der Waals surface area contributed by atoms with Crippen molar-refractivity contribution >= 4 is 23.2 Å². The number of carbonyl (C=O) groups excluding carboxylic acids is 1. The summed E-state index contributed by atoms with van der Waals surface area (Å²) < 4.78 is 6.59. The largest absolute Gasteiger partial charge is 0.465 e. The van der Waals surface area contributed by atoms with Crippen LogP contribution in [0.5, 0.6) is 0 Å². The third-order valence-corrected chi connectivity index (χ3v) is 4.16. The van der Waals surface area contributed by atoms with Crippen LogP contribution in [-0.2, 0) is 4.74 Å². The Morgan fingerprint density at radius 2 is 2.10 bits per heavy atom. The van der Waals surface area contributed by atoms with Gasteiger partial charge in [0, 0.05) is 12.1 Å². The lowest BCUT2D eigenvalue weighted by atomic mass is 9.89. The number of esters is 1. The minimum atomic E-state index is -0.405. The molecule has 0 atom stereocenters. The summed E-state index contributed by atoms with van der Waals surface area (Å²) in [5.41, 5.74) is 1.02. The van der Waals surface area contributed by atoms with E-state index in [2.05, 4.69) is 10.2 Å². The molecule has 1 aliphatic rings. The molecule has 0 N–H and O–H groups in total. The van der Waals surface area contributed by atoms with E-state index in [1.165, 1.54) is 26.4 Å². The lowest BCUT2D eigenvalue weighted by Crippen LogP contribution is -2.10. The van der Waals surface area contributed by atoms with E-state index in [9.17, 15) is 4.79 Å². The number of ether oxygens (including phenoxy) is 1. The number of hydrogen-bond acceptors (Lipinski definition) is 4. The Morgan fingerprint density at radius 3 is 2.80 bits per heavy atom. The third kappa shape index (κ3) is 2.26. The topological polar surface area (TPSA) is 56.5 Å². The zero-order chi connectivity index (χ0) is 14.1. The molecule has 5 nitrogen and oxygen atoms in total. The van der Waals surface area contributed by atoms with Crippen molar-refractivity contribution in [2.24, 2.45) is 0 Å². The molecule has 1 fully saturated rings. The third-order valence-electron chi connectivity index (χ3n) is 3.88. The summed E-state index contributed by atoms with van der Waals surface area (Å²) in [4.78, 5) is 11.7. The van der Waals surface area contributed by atoms with Gasteiger partial charge in [-0.05, 0) is 18.9 Å². The van der Waals surface area contributed by atoms with E-state index in [0.717, 1.165) is 18.7 Å². The molecule has 0 bridgehead atoms. The average Bonchev–Trinajstić information content (AvgIpc) is 2.91. The minimum Gasteiger partial charge on any atom is -0.465 e. The van der Waals surface area contributed by atoms with Gasteiger partial charge in [-0.15, -0.1) is 10.2 Å². The van der Waals surface area contributed by atoms with Crippen LogP contribution in [0.25, 0.3) is 5.65 Å². The molecule has 1 aliphatic carbocycles. The highest BCUT2D eigenvalue weighted by atomic mass is 35.5. The highest BCUT2D eigenvalue weighted by molar-refractivity contribution is 6.33. The first-order valence-corrected chi connectivity index (χ1v) is 7.21. The van der Waals surface area contributed by atoms with Crippen molar-refractivity contribution in [1.29, 1.82) is 0 Å². The Hall–Kier alpha value is -1.62. The second kappa shape index (κ2) is 5.40. The predicted molar refractivity (Wildman–Crippen MR) is 75.2 cm³/mol. The van der Waals surface area contributed by atoms with Gasteiger partial charge in [0.1, 0.15) is 5.82 Å². The number of pyridine rings is 1. The smallest absolute Gasteiger partial charge is 0.339 e. The van der Waals surface area contributed by atoms with Gasteiger partial charge in [0.2, 0.25) is 0 Å². The van der Waals surface area contributed by atoms with Crippen molar-refractivity contribution in [3.63, 3.8) is 0 Å². The maximum atomic E-state index is 11.7. The zero-order valence-corrected chi connectivity index (χ0v) is 12.1. The Bertz CT molecular complexity index is 647. The normalized spacial score (nSPS) is 16.5. The van der Waals surface area contributed by atoms with Crippen molar-refractivity contribution in [2.75, 3.05) is 7.11 Å². The monoisotopic (exact) mass is 293 g/mol. The van der Waals surface area contributed by atoms with Crippen LogP contribution in [0.4, 0.5) is 0 Å². The first-order chi connectivity index (χ1) is 9.70. The highest BCUT2D eigenvalue weighted by Crippen LogP contribution is 2.32. The van der Waals surface area contributed by atoms with Crippen LogP contribution in [-0.4, -0.2) is 27.7 Å². The van der Waals surface area contributed by atoms with Crippen molar-refractivity contribution in [3.05, 3.63) is 28.7 Å². The van der Waals surface area contributed by atoms with Gasteiger partial charge in [-0.1, -0.05) is 30.9 Å². The predicted octanol–water partition coefficient (Wildman–Crippen LogP) is 3.22. The Labute approximate surface area is 121 Å². The van der Waals surface area contributed by atoms with Crippen LogP contribution in [0.2, 0.25) is 5.02 Å². The van der Waals surface area contributed by atoms with E-state index in [1.54, 1.807) is 12.3 Å². The lowest BCUT2D eigenvalue weighted by Gasteiger charge is -2.19. The summed E-state index contributed by atoms with van der Waals surface area (Å²) in [5, 5.41) is 8.85. The zero-order valence-electron chi connectivity index (χ0n) is 11.3. The van der Waals surface area contributed by atoms with Crippen LogP contribution in [0, 0.1) is 0 Å². The van der Waals surface area contributed by atoms with Crippen LogP contribution < -0.4 is 0 Å². The van der Waals surface area contributed by atoms with Gasteiger partial charge in [0.25, 0.3) is 0 Å². The minimum absolute atomic E-state index is 0.391. The molecule has 6 heteroatoms. The van der Waals surface area contributed by atoms with Crippen molar-refractivity contribution in [2.45, 2.75) is 38.0 Å². The summed E-state index contributed by atoms with van der Waals surface area (Å²) in [6, 6.07) is 1.57. The molecule has 0 amide bonds. The lowest BCUT2D eigenvalue weighted by molar-refractivity contribution is 0.0600. The fourth-order valence-corrected chi connectivity index (χ4v) is 3.09. The first-order valence-electron chi connectivity index (χ1n) is 6.83. The number of methoxy groups -OCH3 is 1. The summed E-state index contributed by atoms with van der Waals surface area (Å²) in [7, 11) is 1.36. The molecule has 2 heterocycles. The summed E-state index contributed by atoms with van der Waals surface area (Å²) in [5.74, 6) is 0.882. The number of halogens is 1. The van der Waals surface area contributed by atoms with Gasteiger partial charge < -0.3 is 4.74 Å². The maximum absolute atomic E-state index is 11.7. The fourth-order valence-electron chi connectivity index (χ4n) is 2.84. The van der Waals surface area contributed by atoms with E-state index in [4.69, 9.17) is 16.3 Å². The van der Waals surface area contributed by atoms with Gasteiger partial charge in [0.05, 0.1) is 17.7 Å². The maximum Gasteiger partial charge on any atom is 0.339 e. The molecule has 0 spiro atoms. The molecule has 1 saturated carbocycles. The molecule has 3 rings (SSSR count). The number of carbonyl (C=O) groups is 1. The van der Waals surface area contributed by atoms with Crippen LogP contribution in [0.1, 0.15) is 54.2 Å². The Balaban J connectivity index is 2.09. The second-order valence-corrected chi connectivity index (χ2v) is 5.56. The molecule has 0 saturated heterocycles. The van der Waals surface area contributed by atoms with E-state index in [1.807, 2.05) is 4.40 Å². The molecule has 106 valence electrons. The molecule has 0 aromatic carbocycles. The van der Waals surface area contributed by atoms with Gasteiger partial charge in [-0.3, -0.25) is 4.40 Å². The van der Waals surface area contributed by atoms with E-state index in [-0.39, 0.29) is 0 Å². The molecule has 0 aliphatic heterocycles. The SMILES string of the molecule is COC(=O)c1cc(Cl)c2nnc(C3CCCCC3)n2c1. The van der Waals surface area contributed by atoms with Crippen LogP contribution in [0.3, 0.4) is 0 Å². The van der Waals surface area contributed by atoms with E-state index in [0.29, 0.717) is 22.2 Å². The van der Waals surface area contributed by atoms with E-state index >= 15 is 0 Å². The number of hydrogen-bond donors (Lipinski definition) is 0. The van der Waals surface area contributed by atoms with Gasteiger partial charge in [-0.25, -0.2) is 4.79 Å². The summed E-state index contributed by atoms with van der Waals surface area (Å²) in [6.07, 6.45) is 7.65. The number of nitrogens with zero attached hydrogens (tertiary/aromatic N) is 3.